The minimum Gasteiger partial charge on any atom is -0.492 e. The van der Waals surface area contributed by atoms with Crippen LogP contribution in [0.1, 0.15) is 12.7 Å². The maximum Gasteiger partial charge on any atom is 0.265 e. The second kappa shape index (κ2) is 9.21. The van der Waals surface area contributed by atoms with Gasteiger partial charge in [-0.1, -0.05) is 15.9 Å². The van der Waals surface area contributed by atoms with Gasteiger partial charge in [0.25, 0.3) is 10.0 Å². The number of halogens is 1. The molecule has 3 aromatic rings. The largest absolute Gasteiger partial charge is 0.492 e. The molecule has 0 bridgehead atoms. The zero-order chi connectivity index (χ0) is 21.8. The molecule has 0 aliphatic carbocycles. The molecule has 0 amide bonds. The highest BCUT2D eigenvalue weighted by Gasteiger charge is 2.21. The lowest BCUT2D eigenvalue weighted by molar-refractivity contribution is 0.331. The molecular weight excluding hydrogens is 496 g/mol. The Labute approximate surface area is 183 Å². The molecule has 0 saturated carbocycles. The normalized spacial score (nSPS) is 11.9. The van der Waals surface area contributed by atoms with E-state index >= 15 is 0 Å². The van der Waals surface area contributed by atoms with E-state index in [0.29, 0.717) is 16.8 Å². The smallest absolute Gasteiger partial charge is 0.265 e. The van der Waals surface area contributed by atoms with E-state index in [1.807, 2.05) is 0 Å². The average molecular weight is 515 g/mol. The van der Waals surface area contributed by atoms with Crippen LogP contribution in [0.25, 0.3) is 0 Å². The summed E-state index contributed by atoms with van der Waals surface area (Å²) >= 11 is 3.26. The lowest BCUT2D eigenvalue weighted by Crippen LogP contribution is -2.23. The first-order valence-corrected chi connectivity index (χ1v) is 12.5. The Morgan fingerprint density at radius 1 is 1.00 bits per heavy atom. The molecule has 0 spiro atoms. The molecule has 0 unspecified atom stereocenters. The second-order valence-corrected chi connectivity index (χ2v) is 10.4. The van der Waals surface area contributed by atoms with Gasteiger partial charge in [0, 0.05) is 10.2 Å². The Balaban J connectivity index is 1.77. The minimum absolute atomic E-state index is 0.00513. The number of ether oxygens (including phenoxy) is 1. The fourth-order valence-electron chi connectivity index (χ4n) is 2.54. The van der Waals surface area contributed by atoms with Crippen LogP contribution >= 0.6 is 15.9 Å². The third-order valence-corrected chi connectivity index (χ3v) is 7.24. The summed E-state index contributed by atoms with van der Waals surface area (Å²) in [4.78, 5) is -0.0370. The molecule has 0 radical (unpaired) electrons. The van der Waals surface area contributed by atoms with Gasteiger partial charge >= 0.3 is 0 Å². The van der Waals surface area contributed by atoms with E-state index in [9.17, 15) is 16.8 Å². The van der Waals surface area contributed by atoms with Crippen LogP contribution in [0.15, 0.2) is 79.5 Å². The number of benzene rings is 2. The average Bonchev–Trinajstić information content (AvgIpc) is 3.22. The number of anilines is 1. The van der Waals surface area contributed by atoms with Gasteiger partial charge in [0.05, 0.1) is 24.3 Å². The fraction of sp³-hybridized carbons (Fsp3) is 0.158. The van der Waals surface area contributed by atoms with Crippen LogP contribution in [0.5, 0.6) is 5.75 Å². The first-order chi connectivity index (χ1) is 14.2. The van der Waals surface area contributed by atoms with Crippen molar-refractivity contribution in [2.45, 2.75) is 23.3 Å². The van der Waals surface area contributed by atoms with Crippen LogP contribution in [-0.2, 0) is 26.6 Å². The molecule has 2 aromatic carbocycles. The summed E-state index contributed by atoms with van der Waals surface area (Å²) in [6, 6.07) is 13.4. The predicted molar refractivity (Wildman–Crippen MR) is 115 cm³/mol. The lowest BCUT2D eigenvalue weighted by Gasteiger charge is -2.13. The number of furan rings is 1. The summed E-state index contributed by atoms with van der Waals surface area (Å²) in [5.74, 6) is 0.691. The van der Waals surface area contributed by atoms with Gasteiger partial charge in [-0.25, -0.2) is 21.6 Å². The SMILES string of the molecule is CCOc1ccc(Br)cc1S(=O)(=O)Nc1ccc(S(=O)(=O)NCc2ccco2)cc1. The molecule has 160 valence electrons. The van der Waals surface area contributed by atoms with Crippen LogP contribution in [-0.4, -0.2) is 23.4 Å². The van der Waals surface area contributed by atoms with Gasteiger partial charge < -0.3 is 9.15 Å². The van der Waals surface area contributed by atoms with Crippen LogP contribution in [0.2, 0.25) is 0 Å². The van der Waals surface area contributed by atoms with Gasteiger partial charge in [-0.2, -0.15) is 0 Å². The van der Waals surface area contributed by atoms with E-state index in [2.05, 4.69) is 25.4 Å². The van der Waals surface area contributed by atoms with Crippen molar-refractivity contribution in [2.24, 2.45) is 0 Å². The molecule has 0 aliphatic heterocycles. The highest BCUT2D eigenvalue weighted by Crippen LogP contribution is 2.29. The molecule has 0 fully saturated rings. The number of hydrogen-bond acceptors (Lipinski definition) is 6. The van der Waals surface area contributed by atoms with Gasteiger partial charge in [-0.3, -0.25) is 4.72 Å². The van der Waals surface area contributed by atoms with Crippen molar-refractivity contribution in [1.29, 1.82) is 0 Å². The maximum absolute atomic E-state index is 12.8. The fourth-order valence-corrected chi connectivity index (χ4v) is 5.28. The molecule has 1 heterocycles. The highest BCUT2D eigenvalue weighted by atomic mass is 79.9. The van der Waals surface area contributed by atoms with Gasteiger partial charge in [-0.15, -0.1) is 0 Å². The van der Waals surface area contributed by atoms with Crippen LogP contribution in [0, 0.1) is 0 Å². The third-order valence-electron chi connectivity index (χ3n) is 3.93. The Morgan fingerprint density at radius 2 is 1.73 bits per heavy atom. The first-order valence-electron chi connectivity index (χ1n) is 8.78. The van der Waals surface area contributed by atoms with Crippen LogP contribution in [0.3, 0.4) is 0 Å². The van der Waals surface area contributed by atoms with Crippen molar-refractivity contribution in [3.63, 3.8) is 0 Å². The number of sulfonamides is 2. The van der Waals surface area contributed by atoms with E-state index in [4.69, 9.17) is 9.15 Å². The number of nitrogens with one attached hydrogen (secondary N) is 2. The van der Waals surface area contributed by atoms with E-state index in [1.165, 1.54) is 36.6 Å². The quantitative estimate of drug-likeness (QED) is 0.449. The maximum atomic E-state index is 12.8. The van der Waals surface area contributed by atoms with E-state index in [-0.39, 0.29) is 27.8 Å². The Bertz CT molecular complexity index is 1210. The summed E-state index contributed by atoms with van der Waals surface area (Å²) in [6.45, 7) is 2.07. The summed E-state index contributed by atoms with van der Waals surface area (Å²) in [5, 5.41) is 0. The Morgan fingerprint density at radius 3 is 2.37 bits per heavy atom. The molecule has 0 atom stereocenters. The van der Waals surface area contributed by atoms with Crippen molar-refractivity contribution in [3.8, 4) is 5.75 Å². The lowest BCUT2D eigenvalue weighted by atomic mass is 10.3. The van der Waals surface area contributed by atoms with Gasteiger partial charge in [0.2, 0.25) is 10.0 Å². The minimum atomic E-state index is -3.96. The monoisotopic (exact) mass is 514 g/mol. The topological polar surface area (TPSA) is 115 Å². The molecule has 0 saturated heterocycles. The molecular formula is C19H19BrN2O6S2. The molecule has 11 heteroatoms. The van der Waals surface area contributed by atoms with Gasteiger partial charge in [0.1, 0.15) is 16.4 Å². The zero-order valence-electron chi connectivity index (χ0n) is 15.8. The summed E-state index contributed by atoms with van der Waals surface area (Å²) < 4.78 is 66.3. The van der Waals surface area contributed by atoms with Crippen molar-refractivity contribution >= 4 is 41.7 Å². The van der Waals surface area contributed by atoms with Crippen molar-refractivity contribution < 1.29 is 26.0 Å². The van der Waals surface area contributed by atoms with E-state index in [0.717, 1.165) is 0 Å². The van der Waals surface area contributed by atoms with Crippen molar-refractivity contribution in [3.05, 3.63) is 71.1 Å². The van der Waals surface area contributed by atoms with Gasteiger partial charge in [-0.05, 0) is 61.5 Å². The molecule has 8 nitrogen and oxygen atoms in total. The number of hydrogen-bond donors (Lipinski definition) is 2. The standard InChI is InChI=1S/C19H19BrN2O6S2/c1-2-27-18-10-5-14(20)12-19(18)30(25,26)22-15-6-8-17(9-7-15)29(23,24)21-13-16-4-3-11-28-16/h3-12,21-22H,2,13H2,1H3. The molecule has 1 aromatic heterocycles. The zero-order valence-corrected chi connectivity index (χ0v) is 19.1. The van der Waals surface area contributed by atoms with E-state index in [1.54, 1.807) is 31.2 Å². The summed E-state index contributed by atoms with van der Waals surface area (Å²) in [6.07, 6.45) is 1.45. The summed E-state index contributed by atoms with van der Waals surface area (Å²) in [5.41, 5.74) is 0.211. The molecule has 3 rings (SSSR count). The molecule has 0 aliphatic rings. The highest BCUT2D eigenvalue weighted by molar-refractivity contribution is 9.10. The van der Waals surface area contributed by atoms with Crippen molar-refractivity contribution in [1.82, 2.24) is 4.72 Å². The van der Waals surface area contributed by atoms with Crippen LogP contribution in [0.4, 0.5) is 5.69 Å². The van der Waals surface area contributed by atoms with Crippen molar-refractivity contribution in [2.75, 3.05) is 11.3 Å². The molecule has 30 heavy (non-hydrogen) atoms. The Hall–Kier alpha value is -2.34. The first kappa shape index (κ1) is 22.3. The van der Waals surface area contributed by atoms with E-state index < -0.39 is 20.0 Å². The van der Waals surface area contributed by atoms with Crippen LogP contribution < -0.4 is 14.2 Å². The van der Waals surface area contributed by atoms with Gasteiger partial charge in [0.15, 0.2) is 0 Å². The summed E-state index contributed by atoms with van der Waals surface area (Å²) in [7, 11) is -7.74. The second-order valence-electron chi connectivity index (χ2n) is 6.06. The Kier molecular flexibility index (Phi) is 6.86. The third kappa shape index (κ3) is 5.42. The molecule has 2 N–H and O–H groups in total. The number of rotatable bonds is 9. The predicted octanol–water partition coefficient (Wildman–Crippen LogP) is 3.72.